The molecule has 1 aliphatic heterocycles. The number of carboxylic acid groups (broad SMARTS) is 1. The molecule has 0 aromatic rings. The summed E-state index contributed by atoms with van der Waals surface area (Å²) in [5.74, 6) is -1.87. The summed E-state index contributed by atoms with van der Waals surface area (Å²) in [6.07, 6.45) is 0.268. The minimum atomic E-state index is -0.937. The lowest BCUT2D eigenvalue weighted by atomic mass is 10.3. The average Bonchev–Trinajstić information content (AvgIpc) is 2.56. The lowest BCUT2D eigenvalue weighted by Gasteiger charge is -2.11. The summed E-state index contributed by atoms with van der Waals surface area (Å²) in [4.78, 5) is 44.5. The smallest absolute Gasteiger partial charge is 0.325 e. The average molecular weight is 243 g/mol. The molecule has 4 amide bonds. The van der Waals surface area contributed by atoms with Crippen LogP contribution < -0.4 is 10.6 Å². The van der Waals surface area contributed by atoms with Crippen LogP contribution in [0.2, 0.25) is 0 Å². The van der Waals surface area contributed by atoms with Crippen LogP contribution in [-0.2, 0) is 14.4 Å². The number of carbonyl (C=O) groups is 4. The minimum Gasteiger partial charge on any atom is -0.481 e. The van der Waals surface area contributed by atoms with Crippen LogP contribution in [0.25, 0.3) is 0 Å². The number of hydrogen-bond donors (Lipinski definition) is 3. The number of imide groups is 1. The highest BCUT2D eigenvalue weighted by Gasteiger charge is 2.29. The molecule has 3 N–H and O–H groups in total. The molecule has 1 heterocycles. The Morgan fingerprint density at radius 3 is 2.65 bits per heavy atom. The fraction of sp³-hybridized carbons (Fsp3) is 0.556. The van der Waals surface area contributed by atoms with E-state index >= 15 is 0 Å². The van der Waals surface area contributed by atoms with E-state index in [0.717, 1.165) is 4.90 Å². The Morgan fingerprint density at radius 1 is 1.41 bits per heavy atom. The first-order chi connectivity index (χ1) is 8.00. The van der Waals surface area contributed by atoms with E-state index in [1.807, 2.05) is 0 Å². The number of amides is 4. The molecule has 0 bridgehead atoms. The van der Waals surface area contributed by atoms with Gasteiger partial charge in [-0.15, -0.1) is 0 Å². The number of aliphatic carboxylic acids is 1. The van der Waals surface area contributed by atoms with Crippen molar-refractivity contribution in [1.29, 1.82) is 0 Å². The van der Waals surface area contributed by atoms with Gasteiger partial charge in [0, 0.05) is 13.0 Å². The van der Waals surface area contributed by atoms with E-state index in [9.17, 15) is 19.2 Å². The zero-order chi connectivity index (χ0) is 12.8. The van der Waals surface area contributed by atoms with Crippen molar-refractivity contribution in [3.05, 3.63) is 0 Å². The maximum Gasteiger partial charge on any atom is 0.325 e. The number of rotatable bonds is 6. The Labute approximate surface area is 97.0 Å². The molecule has 8 heteroatoms. The molecule has 8 nitrogen and oxygen atoms in total. The summed E-state index contributed by atoms with van der Waals surface area (Å²) in [6.45, 7) is -0.225. The normalized spacial score (nSPS) is 14.7. The standard InChI is InChI=1S/C9H13N3O5/c13-6(10-3-1-2-8(15)16)5-12-7(14)4-11-9(12)17/h1-5H2,(H,10,13)(H,11,17)(H,15,16). The zero-order valence-corrected chi connectivity index (χ0v) is 9.06. The van der Waals surface area contributed by atoms with Gasteiger partial charge in [0.2, 0.25) is 5.91 Å². The SMILES string of the molecule is O=C(O)CCCNC(=O)CN1C(=O)CNC1=O. The maximum absolute atomic E-state index is 11.3. The van der Waals surface area contributed by atoms with Crippen LogP contribution >= 0.6 is 0 Å². The van der Waals surface area contributed by atoms with Crippen LogP contribution in [0.5, 0.6) is 0 Å². The van der Waals surface area contributed by atoms with Gasteiger partial charge in [0.1, 0.15) is 6.54 Å². The van der Waals surface area contributed by atoms with Crippen LogP contribution in [-0.4, -0.2) is 53.5 Å². The van der Waals surface area contributed by atoms with Crippen molar-refractivity contribution in [3.63, 3.8) is 0 Å². The Kier molecular flexibility index (Phi) is 4.44. The van der Waals surface area contributed by atoms with Crippen molar-refractivity contribution in [1.82, 2.24) is 15.5 Å². The summed E-state index contributed by atoms with van der Waals surface area (Å²) in [5.41, 5.74) is 0. The second-order valence-electron chi connectivity index (χ2n) is 3.49. The second kappa shape index (κ2) is 5.83. The first kappa shape index (κ1) is 12.9. The number of carbonyl (C=O) groups excluding carboxylic acids is 3. The highest BCUT2D eigenvalue weighted by atomic mass is 16.4. The summed E-state index contributed by atoms with van der Waals surface area (Å²) in [5, 5.41) is 13.1. The minimum absolute atomic E-state index is 0.0383. The molecule has 1 saturated heterocycles. The van der Waals surface area contributed by atoms with E-state index < -0.39 is 23.8 Å². The molecule has 0 aromatic carbocycles. The van der Waals surface area contributed by atoms with Crippen molar-refractivity contribution in [2.24, 2.45) is 0 Å². The van der Waals surface area contributed by atoms with Gasteiger partial charge in [-0.05, 0) is 6.42 Å². The predicted octanol–water partition coefficient (Wildman–Crippen LogP) is -1.48. The largest absolute Gasteiger partial charge is 0.481 e. The third kappa shape index (κ3) is 4.09. The quantitative estimate of drug-likeness (QED) is 0.388. The van der Waals surface area contributed by atoms with Gasteiger partial charge < -0.3 is 15.7 Å². The number of nitrogens with one attached hydrogen (secondary N) is 2. The lowest BCUT2D eigenvalue weighted by molar-refractivity contribution is -0.137. The molecule has 1 rings (SSSR count). The topological polar surface area (TPSA) is 116 Å². The monoisotopic (exact) mass is 243 g/mol. The van der Waals surface area contributed by atoms with Gasteiger partial charge in [-0.25, -0.2) is 4.79 Å². The Balaban J connectivity index is 2.23. The summed E-state index contributed by atoms with van der Waals surface area (Å²) in [6, 6.07) is -0.587. The first-order valence-electron chi connectivity index (χ1n) is 5.07. The summed E-state index contributed by atoms with van der Waals surface area (Å²) < 4.78 is 0. The molecule has 0 aromatic heterocycles. The molecule has 0 saturated carbocycles. The van der Waals surface area contributed by atoms with E-state index in [4.69, 9.17) is 5.11 Å². The molecule has 0 unspecified atom stereocenters. The fourth-order valence-corrected chi connectivity index (χ4v) is 1.28. The van der Waals surface area contributed by atoms with Crippen LogP contribution in [0.1, 0.15) is 12.8 Å². The van der Waals surface area contributed by atoms with Crippen LogP contribution in [0.3, 0.4) is 0 Å². The van der Waals surface area contributed by atoms with Gasteiger partial charge >= 0.3 is 12.0 Å². The van der Waals surface area contributed by atoms with E-state index in [-0.39, 0.29) is 26.1 Å². The number of carboxylic acids is 1. The van der Waals surface area contributed by atoms with Crippen molar-refractivity contribution in [3.8, 4) is 0 Å². The molecule has 0 aliphatic carbocycles. The Bertz CT molecular complexity index is 339. The predicted molar refractivity (Wildman–Crippen MR) is 55.0 cm³/mol. The van der Waals surface area contributed by atoms with Crippen molar-refractivity contribution in [2.45, 2.75) is 12.8 Å². The van der Waals surface area contributed by atoms with Gasteiger partial charge in [-0.2, -0.15) is 0 Å². The van der Waals surface area contributed by atoms with E-state index in [0.29, 0.717) is 6.42 Å². The second-order valence-corrected chi connectivity index (χ2v) is 3.49. The van der Waals surface area contributed by atoms with Crippen LogP contribution in [0.4, 0.5) is 4.79 Å². The fourth-order valence-electron chi connectivity index (χ4n) is 1.28. The third-order valence-electron chi connectivity index (χ3n) is 2.13. The van der Waals surface area contributed by atoms with Gasteiger partial charge in [-0.1, -0.05) is 0 Å². The highest BCUT2D eigenvalue weighted by molar-refractivity contribution is 6.04. The van der Waals surface area contributed by atoms with Crippen molar-refractivity contribution < 1.29 is 24.3 Å². The van der Waals surface area contributed by atoms with Crippen LogP contribution in [0.15, 0.2) is 0 Å². The van der Waals surface area contributed by atoms with Gasteiger partial charge in [-0.3, -0.25) is 19.3 Å². The molecule has 1 fully saturated rings. The molecular formula is C9H13N3O5. The number of nitrogens with zero attached hydrogens (tertiary/aromatic N) is 1. The van der Waals surface area contributed by atoms with Crippen LogP contribution in [0, 0.1) is 0 Å². The molecule has 17 heavy (non-hydrogen) atoms. The Morgan fingerprint density at radius 2 is 2.12 bits per heavy atom. The molecule has 1 aliphatic rings. The molecular weight excluding hydrogens is 230 g/mol. The summed E-state index contributed by atoms with van der Waals surface area (Å²) in [7, 11) is 0. The Hall–Kier alpha value is -2.12. The van der Waals surface area contributed by atoms with Gasteiger partial charge in [0.15, 0.2) is 0 Å². The van der Waals surface area contributed by atoms with Crippen molar-refractivity contribution in [2.75, 3.05) is 19.6 Å². The van der Waals surface area contributed by atoms with Gasteiger partial charge in [0.05, 0.1) is 6.54 Å². The first-order valence-corrected chi connectivity index (χ1v) is 5.07. The molecule has 0 radical (unpaired) electrons. The van der Waals surface area contributed by atoms with E-state index in [1.165, 1.54) is 0 Å². The number of urea groups is 1. The summed E-state index contributed by atoms with van der Waals surface area (Å²) >= 11 is 0. The highest BCUT2D eigenvalue weighted by Crippen LogP contribution is 1.97. The lowest BCUT2D eigenvalue weighted by Crippen LogP contribution is -2.41. The van der Waals surface area contributed by atoms with Gasteiger partial charge in [0.25, 0.3) is 5.91 Å². The molecule has 0 spiro atoms. The van der Waals surface area contributed by atoms with Crippen molar-refractivity contribution >= 4 is 23.8 Å². The third-order valence-corrected chi connectivity index (χ3v) is 2.13. The zero-order valence-electron chi connectivity index (χ0n) is 9.06. The molecule has 94 valence electrons. The maximum atomic E-state index is 11.3. The van der Waals surface area contributed by atoms with E-state index in [1.54, 1.807) is 0 Å². The number of hydrogen-bond acceptors (Lipinski definition) is 4. The van der Waals surface area contributed by atoms with E-state index in [2.05, 4.69) is 10.6 Å². The molecule has 0 atom stereocenters.